The van der Waals surface area contributed by atoms with Crippen LogP contribution in [-0.4, -0.2) is 18.4 Å². The van der Waals surface area contributed by atoms with Gasteiger partial charge in [0.25, 0.3) is 0 Å². The van der Waals surface area contributed by atoms with Crippen molar-refractivity contribution in [2.24, 2.45) is 39.4 Å². The van der Waals surface area contributed by atoms with Gasteiger partial charge in [0.05, 0.1) is 12.0 Å². The van der Waals surface area contributed by atoms with E-state index in [9.17, 15) is 9.59 Å². The van der Waals surface area contributed by atoms with E-state index in [0.29, 0.717) is 24.2 Å². The number of ketones is 1. The van der Waals surface area contributed by atoms with Gasteiger partial charge in [0.1, 0.15) is 5.78 Å². The molecule has 7 atom stereocenters. The molecule has 2 bridgehead atoms. The fourth-order valence-corrected chi connectivity index (χ4v) is 8.68. The second kappa shape index (κ2) is 6.07. The molecule has 0 heterocycles. The molecule has 3 heteroatoms. The molecule has 3 nitrogen and oxygen atoms in total. The van der Waals surface area contributed by atoms with Crippen molar-refractivity contribution in [2.45, 2.75) is 92.4 Å². The number of hydrogen-bond donors (Lipinski definition) is 0. The van der Waals surface area contributed by atoms with E-state index in [1.165, 1.54) is 25.7 Å². The number of esters is 1. The molecule has 4 saturated carbocycles. The van der Waals surface area contributed by atoms with Crippen LogP contribution in [0.25, 0.3) is 0 Å². The van der Waals surface area contributed by atoms with Gasteiger partial charge in [-0.05, 0) is 86.9 Å². The first-order chi connectivity index (χ1) is 12.6. The molecular formula is C24H38O3. The third-order valence-corrected chi connectivity index (χ3v) is 9.85. The van der Waals surface area contributed by atoms with E-state index in [2.05, 4.69) is 27.7 Å². The normalized spacial score (nSPS) is 51.9. The fourth-order valence-electron chi connectivity index (χ4n) is 8.68. The molecule has 0 amide bonds. The van der Waals surface area contributed by atoms with Crippen LogP contribution in [0.2, 0.25) is 0 Å². The van der Waals surface area contributed by atoms with E-state index < -0.39 is 0 Å². The van der Waals surface area contributed by atoms with Crippen molar-refractivity contribution in [1.82, 2.24) is 0 Å². The Morgan fingerprint density at radius 2 is 1.78 bits per heavy atom. The zero-order chi connectivity index (χ0) is 19.7. The van der Waals surface area contributed by atoms with Crippen molar-refractivity contribution in [3.8, 4) is 0 Å². The number of ether oxygens (including phenoxy) is 1. The first-order valence-corrected chi connectivity index (χ1v) is 11.3. The first kappa shape index (κ1) is 19.5. The molecule has 4 aliphatic carbocycles. The standard InChI is InChI=1S/C24H38O3/c1-6-27-20(26)23(5)11-7-10-22(4)18(23)9-13-24-15-21(3,12-8-19(22)24)14-17(25)16(24)2/h16,18-19H,6-15H2,1-5H3/t16-,18?,19?,21+,22-,23-,24-/m1/s1. The highest BCUT2D eigenvalue weighted by atomic mass is 16.5. The largest absolute Gasteiger partial charge is 0.466 e. The smallest absolute Gasteiger partial charge is 0.312 e. The summed E-state index contributed by atoms with van der Waals surface area (Å²) < 4.78 is 5.56. The molecule has 4 aliphatic rings. The number of Topliss-reactive ketones (excluding diaryl/α,β-unsaturated/α-hetero) is 1. The lowest BCUT2D eigenvalue weighted by Crippen LogP contribution is -2.64. The predicted octanol–water partition coefficient (Wildman–Crippen LogP) is 5.56. The van der Waals surface area contributed by atoms with Crippen LogP contribution in [0.15, 0.2) is 0 Å². The van der Waals surface area contributed by atoms with Gasteiger partial charge in [-0.15, -0.1) is 0 Å². The first-order valence-electron chi connectivity index (χ1n) is 11.3. The average Bonchev–Trinajstić information content (AvgIpc) is 2.59. The number of carbonyl (C=O) groups excluding carboxylic acids is 2. The molecule has 4 rings (SSSR count). The van der Waals surface area contributed by atoms with Crippen molar-refractivity contribution < 1.29 is 14.3 Å². The summed E-state index contributed by atoms with van der Waals surface area (Å²) in [6.07, 6.45) is 9.88. The topological polar surface area (TPSA) is 43.4 Å². The molecule has 0 aliphatic heterocycles. The number of hydrogen-bond acceptors (Lipinski definition) is 3. The Labute approximate surface area is 165 Å². The summed E-state index contributed by atoms with van der Waals surface area (Å²) in [5.74, 6) is 1.67. The van der Waals surface area contributed by atoms with Crippen LogP contribution >= 0.6 is 0 Å². The van der Waals surface area contributed by atoms with Crippen LogP contribution in [0.5, 0.6) is 0 Å². The van der Waals surface area contributed by atoms with Crippen LogP contribution in [0.3, 0.4) is 0 Å². The third-order valence-electron chi connectivity index (χ3n) is 9.85. The molecule has 0 aromatic rings. The summed E-state index contributed by atoms with van der Waals surface area (Å²) in [6.45, 7) is 11.6. The summed E-state index contributed by atoms with van der Waals surface area (Å²) in [4.78, 5) is 26.0. The Kier molecular flexibility index (Phi) is 4.37. The van der Waals surface area contributed by atoms with E-state index in [1.54, 1.807) is 0 Å². The maximum absolute atomic E-state index is 13.0. The Morgan fingerprint density at radius 1 is 1.07 bits per heavy atom. The number of fused-ring (bicyclic) bond motifs is 3. The number of carbonyl (C=O) groups is 2. The van der Waals surface area contributed by atoms with Gasteiger partial charge in [-0.3, -0.25) is 9.59 Å². The summed E-state index contributed by atoms with van der Waals surface area (Å²) in [5, 5.41) is 0. The highest BCUT2D eigenvalue weighted by molar-refractivity contribution is 5.83. The minimum absolute atomic E-state index is 0.0188. The van der Waals surface area contributed by atoms with E-state index in [-0.39, 0.29) is 33.5 Å². The molecule has 2 unspecified atom stereocenters. The minimum atomic E-state index is -0.354. The summed E-state index contributed by atoms with van der Waals surface area (Å²) in [6, 6.07) is 0. The van der Waals surface area contributed by atoms with E-state index in [4.69, 9.17) is 4.74 Å². The quantitative estimate of drug-likeness (QED) is 0.595. The molecule has 152 valence electrons. The van der Waals surface area contributed by atoms with E-state index in [1.807, 2.05) is 6.92 Å². The van der Waals surface area contributed by atoms with Crippen molar-refractivity contribution in [3.63, 3.8) is 0 Å². The van der Waals surface area contributed by atoms with Crippen LogP contribution < -0.4 is 0 Å². The summed E-state index contributed by atoms with van der Waals surface area (Å²) in [7, 11) is 0. The zero-order valence-corrected chi connectivity index (χ0v) is 18.0. The molecule has 0 radical (unpaired) electrons. The maximum atomic E-state index is 13.0. The van der Waals surface area contributed by atoms with Crippen LogP contribution in [0, 0.1) is 39.4 Å². The van der Waals surface area contributed by atoms with Crippen molar-refractivity contribution in [2.75, 3.05) is 6.61 Å². The Balaban J connectivity index is 1.74. The SMILES string of the molecule is CCOC(=O)[C@]1(C)CCC[C@@]2(C)C3CC[C@@]4(C)CC(=O)[C@@H](C)[C@@]3(CCC21)C4. The highest BCUT2D eigenvalue weighted by Gasteiger charge is 2.67. The van der Waals surface area contributed by atoms with Crippen LogP contribution in [-0.2, 0) is 14.3 Å². The van der Waals surface area contributed by atoms with E-state index in [0.717, 1.165) is 32.1 Å². The Bertz CT molecular complexity index is 656. The highest BCUT2D eigenvalue weighted by Crippen LogP contribution is 2.73. The monoisotopic (exact) mass is 374 g/mol. The molecule has 0 aromatic carbocycles. The fraction of sp³-hybridized carbons (Fsp3) is 0.917. The lowest BCUT2D eigenvalue weighted by atomic mass is 9.35. The van der Waals surface area contributed by atoms with Crippen molar-refractivity contribution >= 4 is 11.8 Å². The molecule has 0 saturated heterocycles. The lowest BCUT2D eigenvalue weighted by molar-refractivity contribution is -0.212. The van der Waals surface area contributed by atoms with Gasteiger partial charge >= 0.3 is 5.97 Å². The second-order valence-corrected chi connectivity index (χ2v) is 11.3. The molecule has 0 aromatic heterocycles. The van der Waals surface area contributed by atoms with Gasteiger partial charge in [0.15, 0.2) is 0 Å². The van der Waals surface area contributed by atoms with Gasteiger partial charge in [0.2, 0.25) is 0 Å². The van der Waals surface area contributed by atoms with Crippen LogP contribution in [0.1, 0.15) is 92.4 Å². The van der Waals surface area contributed by atoms with Gasteiger partial charge in [-0.25, -0.2) is 0 Å². The molecule has 1 spiro atoms. The minimum Gasteiger partial charge on any atom is -0.466 e. The van der Waals surface area contributed by atoms with E-state index >= 15 is 0 Å². The average molecular weight is 375 g/mol. The van der Waals surface area contributed by atoms with Gasteiger partial charge < -0.3 is 4.74 Å². The van der Waals surface area contributed by atoms with Gasteiger partial charge in [-0.2, -0.15) is 0 Å². The van der Waals surface area contributed by atoms with Gasteiger partial charge in [-0.1, -0.05) is 27.2 Å². The Morgan fingerprint density at radius 3 is 2.48 bits per heavy atom. The molecule has 27 heavy (non-hydrogen) atoms. The second-order valence-electron chi connectivity index (χ2n) is 11.3. The molecule has 0 N–H and O–H groups in total. The lowest BCUT2D eigenvalue weighted by Gasteiger charge is -2.69. The maximum Gasteiger partial charge on any atom is 0.312 e. The molecule has 4 fully saturated rings. The zero-order valence-electron chi connectivity index (χ0n) is 18.0. The molecular weight excluding hydrogens is 336 g/mol. The van der Waals surface area contributed by atoms with Crippen molar-refractivity contribution in [1.29, 1.82) is 0 Å². The third kappa shape index (κ3) is 2.52. The summed E-state index contributed by atoms with van der Waals surface area (Å²) >= 11 is 0. The van der Waals surface area contributed by atoms with Crippen LogP contribution in [0.4, 0.5) is 0 Å². The Hall–Kier alpha value is -0.860. The van der Waals surface area contributed by atoms with Gasteiger partial charge in [0, 0.05) is 12.3 Å². The van der Waals surface area contributed by atoms with Crippen molar-refractivity contribution in [3.05, 3.63) is 0 Å². The predicted molar refractivity (Wildman–Crippen MR) is 106 cm³/mol. The number of rotatable bonds is 2. The summed E-state index contributed by atoms with van der Waals surface area (Å²) in [5.41, 5.74) is 0.182.